The lowest BCUT2D eigenvalue weighted by molar-refractivity contribution is -0.138. The van der Waals surface area contributed by atoms with E-state index in [1.807, 2.05) is 30.3 Å². The molecule has 2 aromatic carbocycles. The highest BCUT2D eigenvalue weighted by molar-refractivity contribution is 5.96. The molecular weight excluding hydrogens is 317 g/mol. The second-order valence-corrected chi connectivity index (χ2v) is 5.66. The van der Waals surface area contributed by atoms with Crippen molar-refractivity contribution in [3.63, 3.8) is 0 Å². The van der Waals surface area contributed by atoms with Crippen LogP contribution in [0, 0.1) is 0 Å². The quantitative estimate of drug-likeness (QED) is 0.837. The van der Waals surface area contributed by atoms with Crippen molar-refractivity contribution in [2.24, 2.45) is 0 Å². The van der Waals surface area contributed by atoms with Gasteiger partial charge in [0, 0.05) is 31.9 Å². The van der Waals surface area contributed by atoms with Crippen molar-refractivity contribution in [2.45, 2.75) is 6.18 Å². The van der Waals surface area contributed by atoms with Crippen LogP contribution in [0.3, 0.4) is 0 Å². The number of carbonyl (C=O) groups is 1. The lowest BCUT2D eigenvalue weighted by atomic mass is 10.1. The molecule has 2 aromatic rings. The fourth-order valence-corrected chi connectivity index (χ4v) is 2.89. The maximum Gasteiger partial charge on any atom is 0.417 e. The van der Waals surface area contributed by atoms with E-state index >= 15 is 0 Å². The third-order valence-corrected chi connectivity index (χ3v) is 4.15. The summed E-state index contributed by atoms with van der Waals surface area (Å²) < 4.78 is 39.2. The van der Waals surface area contributed by atoms with Crippen molar-refractivity contribution in [1.29, 1.82) is 0 Å². The Labute approximate surface area is 138 Å². The van der Waals surface area contributed by atoms with E-state index < -0.39 is 17.6 Å². The summed E-state index contributed by atoms with van der Waals surface area (Å²) in [4.78, 5) is 16.1. The van der Waals surface area contributed by atoms with Gasteiger partial charge < -0.3 is 9.80 Å². The molecule has 0 aromatic heterocycles. The first kappa shape index (κ1) is 16.4. The number of amides is 1. The van der Waals surface area contributed by atoms with E-state index in [1.54, 1.807) is 0 Å². The van der Waals surface area contributed by atoms with Crippen molar-refractivity contribution in [1.82, 2.24) is 4.90 Å². The van der Waals surface area contributed by atoms with Crippen molar-refractivity contribution < 1.29 is 18.0 Å². The highest BCUT2D eigenvalue weighted by Gasteiger charge is 2.36. The minimum Gasteiger partial charge on any atom is -0.368 e. The van der Waals surface area contributed by atoms with Crippen LogP contribution in [-0.4, -0.2) is 37.0 Å². The molecular formula is C18H17F3N2O. The van der Waals surface area contributed by atoms with Crippen molar-refractivity contribution in [3.8, 4) is 0 Å². The number of carbonyl (C=O) groups excluding carboxylic acids is 1. The fourth-order valence-electron chi connectivity index (χ4n) is 2.89. The molecule has 0 spiro atoms. The van der Waals surface area contributed by atoms with Gasteiger partial charge in [-0.25, -0.2) is 0 Å². The predicted molar refractivity (Wildman–Crippen MR) is 86.0 cm³/mol. The molecule has 0 saturated carbocycles. The van der Waals surface area contributed by atoms with E-state index in [2.05, 4.69) is 4.90 Å². The molecule has 0 atom stereocenters. The first-order valence-electron chi connectivity index (χ1n) is 7.72. The molecule has 3 rings (SSSR count). The molecule has 6 heteroatoms. The first-order chi connectivity index (χ1) is 11.5. The Morgan fingerprint density at radius 2 is 1.42 bits per heavy atom. The molecule has 0 radical (unpaired) electrons. The zero-order valence-electron chi connectivity index (χ0n) is 13.0. The Bertz CT molecular complexity index is 708. The molecule has 0 N–H and O–H groups in total. The highest BCUT2D eigenvalue weighted by atomic mass is 19.4. The molecule has 1 aliphatic rings. The second kappa shape index (κ2) is 6.55. The average molecular weight is 334 g/mol. The molecule has 1 saturated heterocycles. The number of nitrogens with zero attached hydrogens (tertiary/aromatic N) is 2. The highest BCUT2D eigenvalue weighted by Crippen LogP contribution is 2.32. The number of hydrogen-bond donors (Lipinski definition) is 0. The lowest BCUT2D eigenvalue weighted by Crippen LogP contribution is -2.49. The number of hydrogen-bond acceptors (Lipinski definition) is 2. The molecule has 0 aliphatic carbocycles. The van der Waals surface area contributed by atoms with Gasteiger partial charge in [0.25, 0.3) is 5.91 Å². The maximum absolute atomic E-state index is 13.1. The first-order valence-corrected chi connectivity index (χ1v) is 7.72. The van der Waals surface area contributed by atoms with E-state index in [1.165, 1.54) is 23.1 Å². The summed E-state index contributed by atoms with van der Waals surface area (Å²) in [6, 6.07) is 14.7. The molecule has 0 unspecified atom stereocenters. The third kappa shape index (κ3) is 3.37. The molecule has 1 heterocycles. The van der Waals surface area contributed by atoms with Crippen molar-refractivity contribution in [2.75, 3.05) is 31.1 Å². The fraction of sp³-hybridized carbons (Fsp3) is 0.278. The number of anilines is 1. The summed E-state index contributed by atoms with van der Waals surface area (Å²) in [6.45, 7) is 2.01. The average Bonchev–Trinajstić information content (AvgIpc) is 2.61. The summed E-state index contributed by atoms with van der Waals surface area (Å²) in [5.41, 5.74) is -0.0982. The van der Waals surface area contributed by atoms with Crippen LogP contribution in [0.5, 0.6) is 0 Å². The van der Waals surface area contributed by atoms with Crippen LogP contribution in [-0.2, 0) is 6.18 Å². The Morgan fingerprint density at radius 3 is 2.04 bits per heavy atom. The maximum atomic E-state index is 13.1. The minimum atomic E-state index is -4.53. The smallest absolute Gasteiger partial charge is 0.368 e. The van der Waals surface area contributed by atoms with E-state index in [9.17, 15) is 18.0 Å². The Kier molecular flexibility index (Phi) is 4.46. The van der Waals surface area contributed by atoms with E-state index in [0.717, 1.165) is 11.8 Å². The number of piperazine rings is 1. The van der Waals surface area contributed by atoms with E-state index in [-0.39, 0.29) is 5.56 Å². The van der Waals surface area contributed by atoms with Gasteiger partial charge in [-0.05, 0) is 24.3 Å². The summed E-state index contributed by atoms with van der Waals surface area (Å²) in [6.07, 6.45) is -4.53. The summed E-state index contributed by atoms with van der Waals surface area (Å²) >= 11 is 0. The van der Waals surface area contributed by atoms with Gasteiger partial charge in [0.2, 0.25) is 0 Å². The van der Waals surface area contributed by atoms with Crippen LogP contribution in [0.25, 0.3) is 0 Å². The molecule has 24 heavy (non-hydrogen) atoms. The molecule has 3 nitrogen and oxygen atoms in total. The third-order valence-electron chi connectivity index (χ3n) is 4.15. The second-order valence-electron chi connectivity index (χ2n) is 5.66. The number of alkyl halides is 3. The lowest BCUT2D eigenvalue weighted by Gasteiger charge is -2.36. The van der Waals surface area contributed by atoms with Gasteiger partial charge >= 0.3 is 6.18 Å². The largest absolute Gasteiger partial charge is 0.417 e. The normalized spacial score (nSPS) is 15.5. The van der Waals surface area contributed by atoms with Gasteiger partial charge in [0.1, 0.15) is 0 Å². The minimum absolute atomic E-state index is 0.279. The van der Waals surface area contributed by atoms with Crippen LogP contribution in [0.4, 0.5) is 18.9 Å². The van der Waals surface area contributed by atoms with Crippen LogP contribution in [0.2, 0.25) is 0 Å². The van der Waals surface area contributed by atoms with Gasteiger partial charge in [-0.15, -0.1) is 0 Å². The Morgan fingerprint density at radius 1 is 0.833 bits per heavy atom. The van der Waals surface area contributed by atoms with Crippen LogP contribution >= 0.6 is 0 Å². The number of halogens is 3. The van der Waals surface area contributed by atoms with Gasteiger partial charge in [-0.3, -0.25) is 4.79 Å². The van der Waals surface area contributed by atoms with Crippen LogP contribution < -0.4 is 4.90 Å². The molecule has 1 amide bonds. The zero-order valence-corrected chi connectivity index (χ0v) is 13.0. The predicted octanol–water partition coefficient (Wildman–Crippen LogP) is 3.67. The van der Waals surface area contributed by atoms with E-state index in [4.69, 9.17) is 0 Å². The monoisotopic (exact) mass is 334 g/mol. The molecule has 1 aliphatic heterocycles. The standard InChI is InChI=1S/C18H17F3N2O/c19-18(20,21)16-9-5-4-8-15(16)17(24)23-12-10-22(11-13-23)14-6-2-1-3-7-14/h1-9H,10-13H2. The summed E-state index contributed by atoms with van der Waals surface area (Å²) in [5, 5.41) is 0. The van der Waals surface area contributed by atoms with Crippen LogP contribution in [0.15, 0.2) is 54.6 Å². The topological polar surface area (TPSA) is 23.6 Å². The SMILES string of the molecule is O=C(c1ccccc1C(F)(F)F)N1CCN(c2ccccc2)CC1. The van der Waals surface area contributed by atoms with Gasteiger partial charge in [-0.2, -0.15) is 13.2 Å². The van der Waals surface area contributed by atoms with Crippen molar-refractivity contribution in [3.05, 3.63) is 65.7 Å². The van der Waals surface area contributed by atoms with Gasteiger partial charge in [-0.1, -0.05) is 30.3 Å². The Balaban J connectivity index is 1.72. The van der Waals surface area contributed by atoms with Gasteiger partial charge in [0.05, 0.1) is 11.1 Å². The van der Waals surface area contributed by atoms with E-state index in [0.29, 0.717) is 26.2 Å². The zero-order chi connectivity index (χ0) is 17.2. The summed E-state index contributed by atoms with van der Waals surface area (Å²) in [7, 11) is 0. The Hall–Kier alpha value is -2.50. The summed E-state index contributed by atoms with van der Waals surface area (Å²) in [5.74, 6) is -0.560. The molecule has 126 valence electrons. The molecule has 0 bridgehead atoms. The number of benzene rings is 2. The van der Waals surface area contributed by atoms with Crippen LogP contribution in [0.1, 0.15) is 15.9 Å². The molecule has 1 fully saturated rings. The number of rotatable bonds is 2. The van der Waals surface area contributed by atoms with Gasteiger partial charge in [0.15, 0.2) is 0 Å². The van der Waals surface area contributed by atoms with Crippen molar-refractivity contribution >= 4 is 11.6 Å². The number of para-hydroxylation sites is 1.